The van der Waals surface area contributed by atoms with Gasteiger partial charge in [-0.05, 0) is 30.0 Å². The van der Waals surface area contributed by atoms with E-state index in [0.717, 1.165) is 41.7 Å². The third kappa shape index (κ3) is 2.85. The molecule has 2 fully saturated rings. The third-order valence-corrected chi connectivity index (χ3v) is 6.16. The van der Waals surface area contributed by atoms with E-state index in [1.54, 1.807) is 12.0 Å². The van der Waals surface area contributed by atoms with Crippen LogP contribution in [0.3, 0.4) is 0 Å². The van der Waals surface area contributed by atoms with Gasteiger partial charge in [-0.3, -0.25) is 4.79 Å². The van der Waals surface area contributed by atoms with Crippen LogP contribution in [-0.4, -0.2) is 41.7 Å². The molecule has 2 aliphatic rings. The minimum Gasteiger partial charge on any atom is -0.496 e. The molecule has 5 heteroatoms. The molecule has 1 N–H and O–H groups in total. The highest BCUT2D eigenvalue weighted by Crippen LogP contribution is 2.47. The molecule has 28 heavy (non-hydrogen) atoms. The second-order valence-corrected chi connectivity index (χ2v) is 7.51. The van der Waals surface area contributed by atoms with Gasteiger partial charge in [0.15, 0.2) is 0 Å². The molecule has 1 amide bonds. The maximum absolute atomic E-state index is 12.8. The molecule has 0 spiro atoms. The highest BCUT2D eigenvalue weighted by Gasteiger charge is 2.53. The first kappa shape index (κ1) is 18.5. The predicted molar refractivity (Wildman–Crippen MR) is 106 cm³/mol. The molecule has 144 valence electrons. The number of hydrogen-bond acceptors (Lipinski definition) is 4. The van der Waals surface area contributed by atoms with Gasteiger partial charge >= 0.3 is 0 Å². The van der Waals surface area contributed by atoms with Crippen LogP contribution in [0.15, 0.2) is 48.5 Å². The van der Waals surface area contributed by atoms with Crippen molar-refractivity contribution in [2.24, 2.45) is 5.92 Å². The molecule has 0 aromatic heterocycles. The molecule has 0 radical (unpaired) electrons. The Morgan fingerprint density at radius 2 is 1.86 bits per heavy atom. The number of hydrogen-bond donors (Lipinski definition) is 1. The molecule has 2 aromatic carbocycles. The van der Waals surface area contributed by atoms with E-state index in [2.05, 4.69) is 6.07 Å². The van der Waals surface area contributed by atoms with Gasteiger partial charge in [-0.15, -0.1) is 0 Å². The second kappa shape index (κ2) is 7.65. The minimum absolute atomic E-state index is 0.00955. The lowest BCUT2D eigenvalue weighted by Crippen LogP contribution is -2.66. The smallest absolute Gasteiger partial charge is 0.227 e. The lowest BCUT2D eigenvalue weighted by molar-refractivity contribution is -0.154. The first-order valence-electron chi connectivity index (χ1n) is 9.76. The fourth-order valence-corrected chi connectivity index (χ4v) is 4.45. The zero-order valence-corrected chi connectivity index (χ0v) is 15.9. The predicted octanol–water partition coefficient (Wildman–Crippen LogP) is 3.34. The minimum atomic E-state index is -0.555. The Morgan fingerprint density at radius 3 is 2.46 bits per heavy atom. The van der Waals surface area contributed by atoms with Gasteiger partial charge in [0.1, 0.15) is 11.8 Å². The topological polar surface area (TPSA) is 73.6 Å². The zero-order valence-electron chi connectivity index (χ0n) is 15.9. The summed E-state index contributed by atoms with van der Waals surface area (Å²) >= 11 is 0. The van der Waals surface area contributed by atoms with Gasteiger partial charge < -0.3 is 14.7 Å². The maximum atomic E-state index is 12.8. The van der Waals surface area contributed by atoms with Crippen LogP contribution >= 0.6 is 0 Å². The highest BCUT2D eigenvalue weighted by molar-refractivity contribution is 5.83. The number of rotatable bonds is 5. The standard InChI is InChI=1S/C23H24N2O3/c1-28-21-12-5-4-10-17(21)16-9-2-3-11-18(16)22-19(13-24)25(20(22)14-26)23(27)15-7-6-8-15/h2-5,9-12,15,19-20,22,26H,6-8,14H2,1H3/t19-,20-,22-/m0/s1. The normalized spacial score (nSPS) is 24.0. The molecule has 5 nitrogen and oxygen atoms in total. The molecule has 3 atom stereocenters. The van der Waals surface area contributed by atoms with Crippen molar-refractivity contribution in [3.8, 4) is 22.9 Å². The Bertz CT molecular complexity index is 916. The van der Waals surface area contributed by atoms with Crippen molar-refractivity contribution in [3.63, 3.8) is 0 Å². The number of para-hydroxylation sites is 1. The summed E-state index contributed by atoms with van der Waals surface area (Å²) in [5.41, 5.74) is 2.88. The Hall–Kier alpha value is -2.84. The van der Waals surface area contributed by atoms with Crippen LogP contribution in [0.5, 0.6) is 5.75 Å². The number of aliphatic hydroxyl groups is 1. The van der Waals surface area contributed by atoms with Gasteiger partial charge in [0.25, 0.3) is 0 Å². The number of aliphatic hydroxyl groups excluding tert-OH is 1. The van der Waals surface area contributed by atoms with Crippen molar-refractivity contribution in [1.82, 2.24) is 4.90 Å². The van der Waals surface area contributed by atoms with Gasteiger partial charge in [-0.2, -0.15) is 5.26 Å². The average molecular weight is 376 g/mol. The van der Waals surface area contributed by atoms with Gasteiger partial charge in [-0.25, -0.2) is 0 Å². The lowest BCUT2D eigenvalue weighted by atomic mass is 9.71. The third-order valence-electron chi connectivity index (χ3n) is 6.16. The van der Waals surface area contributed by atoms with Gasteiger partial charge in [0, 0.05) is 17.4 Å². The second-order valence-electron chi connectivity index (χ2n) is 7.51. The van der Waals surface area contributed by atoms with Crippen molar-refractivity contribution in [1.29, 1.82) is 5.26 Å². The van der Waals surface area contributed by atoms with E-state index in [-0.39, 0.29) is 30.4 Å². The summed E-state index contributed by atoms with van der Waals surface area (Å²) in [6.07, 6.45) is 2.83. The molecule has 1 saturated heterocycles. The van der Waals surface area contributed by atoms with Gasteiger partial charge in [0.05, 0.1) is 25.8 Å². The van der Waals surface area contributed by atoms with Crippen molar-refractivity contribution >= 4 is 5.91 Å². The monoisotopic (exact) mass is 376 g/mol. The molecule has 1 heterocycles. The molecule has 1 aliphatic heterocycles. The molecule has 0 bridgehead atoms. The molecular formula is C23H24N2O3. The number of likely N-dealkylation sites (tertiary alicyclic amines) is 1. The largest absolute Gasteiger partial charge is 0.496 e. The van der Waals surface area contributed by atoms with Crippen molar-refractivity contribution < 1.29 is 14.6 Å². The van der Waals surface area contributed by atoms with E-state index < -0.39 is 6.04 Å². The lowest BCUT2D eigenvalue weighted by Gasteiger charge is -2.53. The average Bonchev–Trinajstić information content (AvgIpc) is 2.67. The zero-order chi connectivity index (χ0) is 19.7. The number of ether oxygens (including phenoxy) is 1. The van der Waals surface area contributed by atoms with Crippen molar-refractivity contribution in [3.05, 3.63) is 54.1 Å². The van der Waals surface area contributed by atoms with Crippen molar-refractivity contribution in [2.45, 2.75) is 37.3 Å². The Kier molecular flexibility index (Phi) is 5.06. The quantitative estimate of drug-likeness (QED) is 0.869. The molecule has 2 aromatic rings. The van der Waals surface area contributed by atoms with Crippen LogP contribution in [-0.2, 0) is 4.79 Å². The number of amides is 1. The molecule has 0 unspecified atom stereocenters. The van der Waals surface area contributed by atoms with E-state index in [1.165, 1.54) is 0 Å². The van der Waals surface area contributed by atoms with Crippen molar-refractivity contribution in [2.75, 3.05) is 13.7 Å². The summed E-state index contributed by atoms with van der Waals surface area (Å²) in [5, 5.41) is 19.9. The van der Waals surface area contributed by atoms with Crippen LogP contribution in [0.2, 0.25) is 0 Å². The fourth-order valence-electron chi connectivity index (χ4n) is 4.45. The van der Waals surface area contributed by atoms with Crippen LogP contribution in [0.1, 0.15) is 30.7 Å². The highest BCUT2D eigenvalue weighted by atomic mass is 16.5. The first-order chi connectivity index (χ1) is 13.7. The van der Waals surface area contributed by atoms with Gasteiger partial charge in [0.2, 0.25) is 5.91 Å². The summed E-state index contributed by atoms with van der Waals surface area (Å²) in [4.78, 5) is 14.4. The fraction of sp³-hybridized carbons (Fsp3) is 0.391. The van der Waals surface area contributed by atoms with Crippen LogP contribution in [0.4, 0.5) is 0 Å². The number of methoxy groups -OCH3 is 1. The van der Waals surface area contributed by atoms with E-state index in [9.17, 15) is 15.2 Å². The Balaban J connectivity index is 1.73. The molecule has 4 rings (SSSR count). The summed E-state index contributed by atoms with van der Waals surface area (Å²) in [6, 6.07) is 17.1. The summed E-state index contributed by atoms with van der Waals surface area (Å²) in [6.45, 7) is -0.151. The maximum Gasteiger partial charge on any atom is 0.227 e. The van der Waals surface area contributed by atoms with E-state index in [1.807, 2.05) is 48.5 Å². The van der Waals surface area contributed by atoms with Gasteiger partial charge in [-0.1, -0.05) is 48.9 Å². The van der Waals surface area contributed by atoms with E-state index in [0.29, 0.717) is 0 Å². The van der Waals surface area contributed by atoms with E-state index in [4.69, 9.17) is 4.74 Å². The van der Waals surface area contributed by atoms with Crippen LogP contribution < -0.4 is 4.74 Å². The molecular weight excluding hydrogens is 352 g/mol. The number of carbonyl (C=O) groups excluding carboxylic acids is 1. The molecule has 1 aliphatic carbocycles. The van der Waals surface area contributed by atoms with E-state index >= 15 is 0 Å². The number of nitrogens with zero attached hydrogens (tertiary/aromatic N) is 2. The number of carbonyl (C=O) groups is 1. The number of benzene rings is 2. The SMILES string of the molecule is COc1ccccc1-c1ccccc1[C@H]1[C@H](C#N)N(C(=O)C2CCC2)[C@H]1CO. The summed E-state index contributed by atoms with van der Waals surface area (Å²) in [5.74, 6) is 0.559. The summed E-state index contributed by atoms with van der Waals surface area (Å²) in [7, 11) is 1.64. The Labute approximate surface area is 165 Å². The van der Waals surface area contributed by atoms with Crippen LogP contribution in [0.25, 0.3) is 11.1 Å². The number of nitriles is 1. The Morgan fingerprint density at radius 1 is 1.18 bits per heavy atom. The summed E-state index contributed by atoms with van der Waals surface area (Å²) < 4.78 is 5.53. The van der Waals surface area contributed by atoms with Crippen LogP contribution in [0, 0.1) is 17.2 Å². The first-order valence-corrected chi connectivity index (χ1v) is 9.76. The molecule has 1 saturated carbocycles.